The van der Waals surface area contributed by atoms with Gasteiger partial charge in [-0.15, -0.1) is 0 Å². The minimum atomic E-state index is 0.0780. The van der Waals surface area contributed by atoms with Gasteiger partial charge in [-0.3, -0.25) is 4.79 Å². The predicted octanol–water partition coefficient (Wildman–Crippen LogP) is 4.31. The van der Waals surface area contributed by atoms with Crippen molar-refractivity contribution < 1.29 is 4.79 Å². The summed E-state index contributed by atoms with van der Waals surface area (Å²) in [5.41, 5.74) is 0.303. The van der Waals surface area contributed by atoms with Crippen molar-refractivity contribution in [1.29, 1.82) is 0 Å². The van der Waals surface area contributed by atoms with E-state index in [2.05, 4.69) is 41.5 Å². The highest BCUT2D eigenvalue weighted by Crippen LogP contribution is 2.37. The second-order valence-corrected chi connectivity index (χ2v) is 7.24. The predicted molar refractivity (Wildman–Crippen MR) is 66.9 cm³/mol. The van der Waals surface area contributed by atoms with Gasteiger partial charge in [-0.25, -0.2) is 0 Å². The first-order valence-corrected chi connectivity index (χ1v) is 5.99. The minimum absolute atomic E-state index is 0.0780. The van der Waals surface area contributed by atoms with Crippen molar-refractivity contribution in [3.63, 3.8) is 0 Å². The van der Waals surface area contributed by atoms with Crippen LogP contribution in [-0.2, 0) is 4.79 Å². The highest BCUT2D eigenvalue weighted by molar-refractivity contribution is 5.83. The lowest BCUT2D eigenvalue weighted by Gasteiger charge is -2.35. The molecule has 0 fully saturated rings. The van der Waals surface area contributed by atoms with Crippen LogP contribution in [0.15, 0.2) is 0 Å². The van der Waals surface area contributed by atoms with E-state index in [0.717, 1.165) is 6.42 Å². The summed E-state index contributed by atoms with van der Waals surface area (Å²) in [6.45, 7) is 17.1. The molecule has 90 valence electrons. The second-order valence-electron chi connectivity index (χ2n) is 7.24. The van der Waals surface area contributed by atoms with Crippen LogP contribution in [0.3, 0.4) is 0 Å². The molecular weight excluding hydrogens is 184 g/mol. The molecule has 1 nitrogen and oxygen atoms in total. The van der Waals surface area contributed by atoms with Gasteiger partial charge in [0.1, 0.15) is 5.78 Å². The molecule has 0 saturated heterocycles. The zero-order chi connectivity index (χ0) is 12.4. The van der Waals surface area contributed by atoms with Crippen molar-refractivity contribution in [2.24, 2.45) is 22.7 Å². The van der Waals surface area contributed by atoms with Gasteiger partial charge in [0.15, 0.2) is 0 Å². The molecule has 0 heterocycles. The van der Waals surface area contributed by atoms with Crippen LogP contribution in [-0.4, -0.2) is 5.78 Å². The summed E-state index contributed by atoms with van der Waals surface area (Å²) in [6.07, 6.45) is 0.980. The van der Waals surface area contributed by atoms with Crippen molar-refractivity contribution in [1.82, 2.24) is 0 Å². The molecule has 0 aromatic heterocycles. The fourth-order valence-electron chi connectivity index (χ4n) is 1.85. The fraction of sp³-hybridized carbons (Fsp3) is 0.929. The zero-order valence-electron chi connectivity index (χ0n) is 11.8. The first-order valence-electron chi connectivity index (χ1n) is 5.99. The molecule has 1 heteroatoms. The molecule has 0 radical (unpaired) electrons. The number of hydrogen-bond donors (Lipinski definition) is 0. The number of carbonyl (C=O) groups excluding carboxylic acids is 1. The van der Waals surface area contributed by atoms with Crippen molar-refractivity contribution in [3.8, 4) is 0 Å². The standard InChI is InChI=1S/C14H28O/c1-10(2)12(15)11(14(6,7)8)9-13(3,4)5/h10-11H,9H2,1-8H3. The summed E-state index contributed by atoms with van der Waals surface area (Å²) < 4.78 is 0. The second kappa shape index (κ2) is 4.67. The Hall–Kier alpha value is -0.330. The topological polar surface area (TPSA) is 17.1 Å². The monoisotopic (exact) mass is 212 g/mol. The Bertz CT molecular complexity index is 212. The molecule has 0 saturated carbocycles. The van der Waals surface area contributed by atoms with Crippen LogP contribution >= 0.6 is 0 Å². The summed E-state index contributed by atoms with van der Waals surface area (Å²) >= 11 is 0. The first kappa shape index (κ1) is 14.7. The van der Waals surface area contributed by atoms with Crippen LogP contribution in [0.25, 0.3) is 0 Å². The molecular formula is C14H28O. The highest BCUT2D eigenvalue weighted by atomic mass is 16.1. The molecule has 0 N–H and O–H groups in total. The summed E-state index contributed by atoms with van der Waals surface area (Å²) in [6, 6.07) is 0. The summed E-state index contributed by atoms with van der Waals surface area (Å²) in [4.78, 5) is 12.2. The van der Waals surface area contributed by atoms with E-state index < -0.39 is 0 Å². The maximum Gasteiger partial charge on any atom is 0.139 e. The SMILES string of the molecule is CC(C)C(=O)C(CC(C)(C)C)C(C)(C)C. The first-order chi connectivity index (χ1) is 6.45. The van der Waals surface area contributed by atoms with E-state index in [1.165, 1.54) is 0 Å². The van der Waals surface area contributed by atoms with Gasteiger partial charge < -0.3 is 0 Å². The Morgan fingerprint density at radius 3 is 1.60 bits per heavy atom. The molecule has 15 heavy (non-hydrogen) atoms. The number of rotatable bonds is 3. The maximum atomic E-state index is 12.2. The zero-order valence-corrected chi connectivity index (χ0v) is 11.8. The van der Waals surface area contributed by atoms with E-state index in [1.54, 1.807) is 0 Å². The van der Waals surface area contributed by atoms with Gasteiger partial charge in [0.05, 0.1) is 0 Å². The average molecular weight is 212 g/mol. The van der Waals surface area contributed by atoms with Crippen LogP contribution in [0.1, 0.15) is 61.8 Å². The quantitative estimate of drug-likeness (QED) is 0.681. The number of ketones is 1. The Balaban J connectivity index is 4.84. The minimum Gasteiger partial charge on any atom is -0.299 e. The van der Waals surface area contributed by atoms with E-state index in [-0.39, 0.29) is 22.7 Å². The normalized spacial score (nSPS) is 15.5. The van der Waals surface area contributed by atoms with Gasteiger partial charge in [0.2, 0.25) is 0 Å². The molecule has 0 amide bonds. The summed E-state index contributed by atoms with van der Waals surface area (Å²) in [5, 5.41) is 0. The van der Waals surface area contributed by atoms with E-state index in [0.29, 0.717) is 5.78 Å². The van der Waals surface area contributed by atoms with Crippen molar-refractivity contribution in [2.45, 2.75) is 61.8 Å². The van der Waals surface area contributed by atoms with Gasteiger partial charge >= 0.3 is 0 Å². The van der Waals surface area contributed by atoms with Gasteiger partial charge in [-0.2, -0.15) is 0 Å². The van der Waals surface area contributed by atoms with Gasteiger partial charge in [0.25, 0.3) is 0 Å². The lowest BCUT2D eigenvalue weighted by molar-refractivity contribution is -0.130. The highest BCUT2D eigenvalue weighted by Gasteiger charge is 2.35. The molecule has 0 aromatic carbocycles. The molecule has 0 aliphatic rings. The van der Waals surface area contributed by atoms with E-state index in [1.807, 2.05) is 13.8 Å². The van der Waals surface area contributed by atoms with E-state index in [4.69, 9.17) is 0 Å². The van der Waals surface area contributed by atoms with E-state index >= 15 is 0 Å². The van der Waals surface area contributed by atoms with Crippen LogP contribution in [0.5, 0.6) is 0 Å². The lowest BCUT2D eigenvalue weighted by Crippen LogP contribution is -2.34. The molecule has 1 unspecified atom stereocenters. The summed E-state index contributed by atoms with van der Waals surface area (Å²) in [5.74, 6) is 0.742. The molecule has 0 aliphatic heterocycles. The third kappa shape index (κ3) is 5.34. The summed E-state index contributed by atoms with van der Waals surface area (Å²) in [7, 11) is 0. The fourth-order valence-corrected chi connectivity index (χ4v) is 1.85. The Morgan fingerprint density at radius 2 is 1.40 bits per heavy atom. The Morgan fingerprint density at radius 1 is 1.00 bits per heavy atom. The largest absolute Gasteiger partial charge is 0.299 e. The number of carbonyl (C=O) groups is 1. The van der Waals surface area contributed by atoms with Crippen molar-refractivity contribution in [3.05, 3.63) is 0 Å². The molecule has 1 atom stereocenters. The molecule has 0 aliphatic carbocycles. The van der Waals surface area contributed by atoms with Gasteiger partial charge in [-0.05, 0) is 17.3 Å². The molecule has 0 spiro atoms. The average Bonchev–Trinajstić information content (AvgIpc) is 1.94. The third-order valence-electron chi connectivity index (χ3n) is 2.77. The number of Topliss-reactive ketones (excluding diaryl/α,β-unsaturated/α-hetero) is 1. The lowest BCUT2D eigenvalue weighted by atomic mass is 9.68. The maximum absolute atomic E-state index is 12.2. The molecule has 0 aromatic rings. The third-order valence-corrected chi connectivity index (χ3v) is 2.77. The Kier molecular flexibility index (Phi) is 4.57. The van der Waals surface area contributed by atoms with Gasteiger partial charge in [-0.1, -0.05) is 55.4 Å². The van der Waals surface area contributed by atoms with Crippen molar-refractivity contribution >= 4 is 5.78 Å². The van der Waals surface area contributed by atoms with E-state index in [9.17, 15) is 4.79 Å². The van der Waals surface area contributed by atoms with Crippen LogP contribution in [0, 0.1) is 22.7 Å². The van der Waals surface area contributed by atoms with Crippen LogP contribution in [0.2, 0.25) is 0 Å². The number of hydrogen-bond acceptors (Lipinski definition) is 1. The molecule has 0 bridgehead atoms. The Labute approximate surface area is 95.6 Å². The van der Waals surface area contributed by atoms with Gasteiger partial charge in [0, 0.05) is 11.8 Å². The smallest absolute Gasteiger partial charge is 0.139 e. The van der Waals surface area contributed by atoms with Crippen molar-refractivity contribution in [2.75, 3.05) is 0 Å². The van der Waals surface area contributed by atoms with Crippen LogP contribution in [0.4, 0.5) is 0 Å². The van der Waals surface area contributed by atoms with Crippen LogP contribution < -0.4 is 0 Å². The molecule has 0 rings (SSSR count).